The predicted molar refractivity (Wildman–Crippen MR) is 167 cm³/mol. The molecule has 4 heterocycles. The molecule has 0 fully saturated rings. The molecule has 0 bridgehead atoms. The summed E-state index contributed by atoms with van der Waals surface area (Å²) in [4.78, 5) is 4.63. The van der Waals surface area contributed by atoms with E-state index >= 15 is 0 Å². The number of nitrogens with zero attached hydrogens (tertiary/aromatic N) is 5. The Bertz CT molecular complexity index is 1790. The minimum atomic E-state index is 0.757. The molecule has 192 valence electrons. The maximum absolute atomic E-state index is 4.63. The van der Waals surface area contributed by atoms with E-state index < -0.39 is 0 Å². The highest BCUT2D eigenvalue weighted by molar-refractivity contribution is 5.79. The minimum absolute atomic E-state index is 0.757. The van der Waals surface area contributed by atoms with Gasteiger partial charge in [-0.05, 0) is 84.0 Å². The fourth-order valence-electron chi connectivity index (χ4n) is 4.35. The average molecular weight is 518 g/mol. The maximum atomic E-state index is 4.63. The largest absolute Gasteiger partial charge is 0.324 e. The van der Waals surface area contributed by atoms with Crippen molar-refractivity contribution < 1.29 is 0 Å². The summed E-state index contributed by atoms with van der Waals surface area (Å²) in [6, 6.07) is 32.8. The van der Waals surface area contributed by atoms with Gasteiger partial charge in [-0.2, -0.15) is 0 Å². The molecule has 6 rings (SSSR count). The van der Waals surface area contributed by atoms with Crippen molar-refractivity contribution in [2.75, 3.05) is 0 Å². The number of aromatic nitrogens is 5. The normalized spacial score (nSPS) is 12.1. The van der Waals surface area contributed by atoms with Crippen molar-refractivity contribution in [2.24, 2.45) is 0 Å². The van der Waals surface area contributed by atoms with E-state index in [0.717, 1.165) is 45.2 Å². The lowest BCUT2D eigenvalue weighted by Crippen LogP contribution is -1.86. The Morgan fingerprint density at radius 2 is 1.10 bits per heavy atom. The van der Waals surface area contributed by atoms with Gasteiger partial charge in [-0.25, -0.2) is 0 Å². The summed E-state index contributed by atoms with van der Waals surface area (Å²) in [5.41, 5.74) is 7.78. The molecule has 2 aliphatic rings. The molecule has 2 aromatic carbocycles. The van der Waals surface area contributed by atoms with Gasteiger partial charge in [-0.3, -0.25) is 4.98 Å². The van der Waals surface area contributed by atoms with Gasteiger partial charge in [0, 0.05) is 41.7 Å². The SMILES string of the molecule is C(=C\n1cccc1/C=C/c1ccc2c(/C=C/c3cccn3/C=C/c3ccccc3)nnc-2cn1)/c1ccccc1. The van der Waals surface area contributed by atoms with Crippen molar-refractivity contribution >= 4 is 48.9 Å². The molecule has 2 aliphatic heterocycles. The lowest BCUT2D eigenvalue weighted by atomic mass is 10.1. The van der Waals surface area contributed by atoms with Crippen LogP contribution in [-0.2, 0) is 0 Å². The molecule has 0 amide bonds. The van der Waals surface area contributed by atoms with Crippen molar-refractivity contribution in [3.63, 3.8) is 0 Å². The highest BCUT2D eigenvalue weighted by Crippen LogP contribution is 2.24. The Hall–Kier alpha value is -5.55. The zero-order valence-electron chi connectivity index (χ0n) is 21.8. The van der Waals surface area contributed by atoms with Gasteiger partial charge >= 0.3 is 0 Å². The second-order valence-electron chi connectivity index (χ2n) is 9.20. The summed E-state index contributed by atoms with van der Waals surface area (Å²) in [6.07, 6.45) is 22.3. The summed E-state index contributed by atoms with van der Waals surface area (Å²) >= 11 is 0. The van der Waals surface area contributed by atoms with Crippen molar-refractivity contribution in [1.82, 2.24) is 24.3 Å². The van der Waals surface area contributed by atoms with Crippen LogP contribution in [0.25, 0.3) is 60.1 Å². The molecule has 40 heavy (non-hydrogen) atoms. The predicted octanol–water partition coefficient (Wildman–Crippen LogP) is 8.18. The van der Waals surface area contributed by atoms with Crippen LogP contribution in [0.3, 0.4) is 0 Å². The van der Waals surface area contributed by atoms with Crippen LogP contribution < -0.4 is 0 Å². The third kappa shape index (κ3) is 5.95. The van der Waals surface area contributed by atoms with Gasteiger partial charge in [0.2, 0.25) is 0 Å². The Morgan fingerprint density at radius 1 is 0.500 bits per heavy atom. The quantitative estimate of drug-likeness (QED) is 0.205. The highest BCUT2D eigenvalue weighted by atomic mass is 15.1. The molecule has 0 aliphatic carbocycles. The molecule has 0 N–H and O–H groups in total. The molecule has 0 spiro atoms. The Balaban J connectivity index is 1.19. The second kappa shape index (κ2) is 11.9. The average Bonchev–Trinajstić information content (AvgIpc) is 3.71. The Labute approximate surface area is 233 Å². The molecule has 0 saturated heterocycles. The summed E-state index contributed by atoms with van der Waals surface area (Å²) in [5.74, 6) is 0. The van der Waals surface area contributed by atoms with Crippen LogP contribution in [0.2, 0.25) is 0 Å². The van der Waals surface area contributed by atoms with Crippen LogP contribution in [0, 0.1) is 0 Å². The van der Waals surface area contributed by atoms with Gasteiger partial charge in [0.05, 0.1) is 17.6 Å². The topological polar surface area (TPSA) is 48.5 Å². The van der Waals surface area contributed by atoms with E-state index in [1.54, 1.807) is 6.20 Å². The van der Waals surface area contributed by atoms with Crippen LogP contribution in [0.4, 0.5) is 0 Å². The molecule has 0 saturated carbocycles. The van der Waals surface area contributed by atoms with Crippen LogP contribution in [-0.4, -0.2) is 24.3 Å². The second-order valence-corrected chi connectivity index (χ2v) is 9.20. The van der Waals surface area contributed by atoms with Crippen LogP contribution >= 0.6 is 0 Å². The van der Waals surface area contributed by atoms with Crippen LogP contribution in [0.15, 0.2) is 116 Å². The van der Waals surface area contributed by atoms with Gasteiger partial charge in [-0.1, -0.05) is 60.7 Å². The molecule has 4 aromatic rings. The van der Waals surface area contributed by atoms with Crippen LogP contribution in [0.5, 0.6) is 0 Å². The molecule has 5 heteroatoms. The number of fused-ring (bicyclic) bond motifs is 1. The third-order valence-corrected chi connectivity index (χ3v) is 6.49. The Kier molecular flexibility index (Phi) is 7.36. The molecule has 0 atom stereocenters. The fourth-order valence-corrected chi connectivity index (χ4v) is 4.35. The minimum Gasteiger partial charge on any atom is -0.324 e. The van der Waals surface area contributed by atoms with Crippen LogP contribution in [0.1, 0.15) is 33.9 Å². The summed E-state index contributed by atoms with van der Waals surface area (Å²) in [7, 11) is 0. The van der Waals surface area contributed by atoms with Gasteiger partial charge in [0.15, 0.2) is 0 Å². The first-order valence-electron chi connectivity index (χ1n) is 13.1. The first kappa shape index (κ1) is 24.8. The van der Waals surface area contributed by atoms with Crippen molar-refractivity contribution in [3.8, 4) is 11.3 Å². The molecule has 5 nitrogen and oxygen atoms in total. The van der Waals surface area contributed by atoms with E-state index in [9.17, 15) is 0 Å². The Morgan fingerprint density at radius 3 is 1.73 bits per heavy atom. The van der Waals surface area contributed by atoms with Gasteiger partial charge in [-0.15, -0.1) is 10.2 Å². The standard InChI is InChI=1S/C35H27N5/c1-3-9-28(10-4-1)21-25-39-23-7-13-31(39)17-15-30-16-19-33-34(37-38-35(33)27-36-30)20-18-32-14-8-24-40(32)26-22-29-11-5-2-6-12-29/h1-27H/b17-15+,20-18+,25-21+,26-22+. The number of rotatable bonds is 8. The monoisotopic (exact) mass is 517 g/mol. The van der Waals surface area contributed by atoms with Gasteiger partial charge < -0.3 is 9.13 Å². The van der Waals surface area contributed by atoms with Gasteiger partial charge in [0.1, 0.15) is 5.69 Å². The summed E-state index contributed by atoms with van der Waals surface area (Å²) in [5, 5.41) is 8.74. The number of hydrogen-bond donors (Lipinski definition) is 0. The molecule has 0 radical (unpaired) electrons. The summed E-state index contributed by atoms with van der Waals surface area (Å²) in [6.45, 7) is 0. The fraction of sp³-hybridized carbons (Fsp3) is 0. The third-order valence-electron chi connectivity index (χ3n) is 6.49. The maximum Gasteiger partial charge on any atom is 0.113 e. The van der Waals surface area contributed by atoms with E-state index in [-0.39, 0.29) is 0 Å². The lowest BCUT2D eigenvalue weighted by Gasteiger charge is -1.99. The van der Waals surface area contributed by atoms with Crippen molar-refractivity contribution in [3.05, 3.63) is 150 Å². The zero-order valence-corrected chi connectivity index (χ0v) is 21.8. The molecule has 0 unspecified atom stereocenters. The zero-order chi connectivity index (χ0) is 27.0. The molecular weight excluding hydrogens is 490 g/mol. The first-order valence-corrected chi connectivity index (χ1v) is 13.1. The van der Waals surface area contributed by atoms with E-state index in [1.165, 1.54) is 0 Å². The van der Waals surface area contributed by atoms with E-state index in [0.29, 0.717) is 0 Å². The molecular formula is C35H27N5. The number of hydrogen-bond acceptors (Lipinski definition) is 3. The first-order chi connectivity index (χ1) is 19.8. The smallest absolute Gasteiger partial charge is 0.113 e. The van der Waals surface area contributed by atoms with E-state index in [2.05, 4.69) is 97.4 Å². The van der Waals surface area contributed by atoms with E-state index in [1.807, 2.05) is 85.2 Å². The van der Waals surface area contributed by atoms with E-state index in [4.69, 9.17) is 0 Å². The highest BCUT2D eigenvalue weighted by Gasteiger charge is 2.10. The van der Waals surface area contributed by atoms with Gasteiger partial charge in [0.25, 0.3) is 0 Å². The molecule has 2 aromatic heterocycles. The van der Waals surface area contributed by atoms with Crippen molar-refractivity contribution in [1.29, 1.82) is 0 Å². The van der Waals surface area contributed by atoms with Crippen molar-refractivity contribution in [2.45, 2.75) is 0 Å². The number of benzene rings is 2. The summed E-state index contributed by atoms with van der Waals surface area (Å²) < 4.78 is 4.17. The lowest BCUT2D eigenvalue weighted by molar-refractivity contribution is 1.08.